The summed E-state index contributed by atoms with van der Waals surface area (Å²) in [6, 6.07) is 17.4. The Morgan fingerprint density at radius 3 is 2.24 bits per heavy atom. The first-order chi connectivity index (χ1) is 8.25. The molecular weight excluding hydrogens is 230 g/mol. The monoisotopic (exact) mass is 245 g/mol. The summed E-state index contributed by atoms with van der Waals surface area (Å²) < 4.78 is 12.0. The molecule has 88 valence electrons. The molecule has 2 nitrogen and oxygen atoms in total. The van der Waals surface area contributed by atoms with Crippen molar-refractivity contribution in [2.24, 2.45) is 0 Å². The predicted octanol–water partition coefficient (Wildman–Crippen LogP) is 2.72. The highest BCUT2D eigenvalue weighted by molar-refractivity contribution is 7.83. The van der Waals surface area contributed by atoms with Crippen LogP contribution in [0.5, 0.6) is 0 Å². The van der Waals surface area contributed by atoms with E-state index in [0.717, 1.165) is 11.1 Å². The van der Waals surface area contributed by atoms with Crippen LogP contribution in [-0.2, 0) is 22.3 Å². The van der Waals surface area contributed by atoms with Gasteiger partial charge in [-0.15, -0.1) is 0 Å². The van der Waals surface area contributed by atoms with E-state index in [9.17, 15) is 4.21 Å². The molecule has 0 bridgehead atoms. The van der Waals surface area contributed by atoms with E-state index in [1.54, 1.807) is 0 Å². The van der Waals surface area contributed by atoms with E-state index in [2.05, 4.69) is 0 Å². The molecule has 0 aliphatic rings. The minimum atomic E-state index is -0.912. The molecule has 2 rings (SSSR count). The lowest BCUT2D eigenvalue weighted by Crippen LogP contribution is -2.02. The summed E-state index contributed by atoms with van der Waals surface area (Å²) in [7, 11) is -0.912. The van der Waals surface area contributed by atoms with Crippen molar-refractivity contribution >= 4 is 16.5 Å². The van der Waals surface area contributed by atoms with Gasteiger partial charge >= 0.3 is 0 Å². The molecule has 2 aromatic carbocycles. The van der Waals surface area contributed by atoms with Crippen molar-refractivity contribution in [2.75, 3.05) is 5.73 Å². The molecule has 1 unspecified atom stereocenters. The molecule has 2 N–H and O–H groups in total. The second kappa shape index (κ2) is 5.64. The largest absolute Gasteiger partial charge is 0.398 e. The smallest absolute Gasteiger partial charge is 0.0509 e. The number of nitrogens with two attached hydrogens (primary N) is 1. The zero-order valence-electron chi connectivity index (χ0n) is 9.50. The van der Waals surface area contributed by atoms with Gasteiger partial charge in [-0.05, 0) is 17.2 Å². The van der Waals surface area contributed by atoms with Crippen LogP contribution < -0.4 is 5.73 Å². The second-order valence-corrected chi connectivity index (χ2v) is 5.37. The Hall–Kier alpha value is -1.61. The number of hydrogen-bond donors (Lipinski definition) is 1. The standard InChI is InChI=1S/C14H15NOS/c15-14-9-5-4-8-13(14)11-17(16)10-12-6-2-1-3-7-12/h1-9H,10-11,15H2. The molecule has 0 spiro atoms. The lowest BCUT2D eigenvalue weighted by Gasteiger charge is -2.05. The molecular formula is C14H15NOS. The van der Waals surface area contributed by atoms with Gasteiger partial charge in [-0.3, -0.25) is 4.21 Å². The Kier molecular flexibility index (Phi) is 3.94. The quantitative estimate of drug-likeness (QED) is 0.842. The summed E-state index contributed by atoms with van der Waals surface area (Å²) in [4.78, 5) is 0. The van der Waals surface area contributed by atoms with Crippen molar-refractivity contribution < 1.29 is 4.21 Å². The molecule has 0 aliphatic heterocycles. The number of anilines is 1. The van der Waals surface area contributed by atoms with Crippen molar-refractivity contribution in [1.82, 2.24) is 0 Å². The average Bonchev–Trinajstić information content (AvgIpc) is 2.33. The van der Waals surface area contributed by atoms with Crippen molar-refractivity contribution in [3.05, 3.63) is 65.7 Å². The van der Waals surface area contributed by atoms with Crippen LogP contribution in [0.2, 0.25) is 0 Å². The van der Waals surface area contributed by atoms with Gasteiger partial charge in [0.2, 0.25) is 0 Å². The van der Waals surface area contributed by atoms with Crippen molar-refractivity contribution in [2.45, 2.75) is 11.5 Å². The maximum Gasteiger partial charge on any atom is 0.0509 e. The highest BCUT2D eigenvalue weighted by Crippen LogP contribution is 2.14. The number of hydrogen-bond acceptors (Lipinski definition) is 2. The molecule has 0 saturated heterocycles. The molecule has 2 aromatic rings. The number of rotatable bonds is 4. The Balaban J connectivity index is 2.01. The van der Waals surface area contributed by atoms with E-state index in [-0.39, 0.29) is 0 Å². The normalized spacial score (nSPS) is 12.2. The van der Waals surface area contributed by atoms with Crippen molar-refractivity contribution in [3.63, 3.8) is 0 Å². The fourth-order valence-electron chi connectivity index (χ4n) is 1.65. The van der Waals surface area contributed by atoms with E-state index in [4.69, 9.17) is 5.73 Å². The third kappa shape index (κ3) is 3.43. The molecule has 0 amide bonds. The van der Waals surface area contributed by atoms with Crippen LogP contribution in [-0.4, -0.2) is 4.21 Å². The highest BCUT2D eigenvalue weighted by Gasteiger charge is 2.05. The lowest BCUT2D eigenvalue weighted by molar-refractivity contribution is 0.682. The van der Waals surface area contributed by atoms with Gasteiger partial charge in [0.15, 0.2) is 0 Å². The maximum absolute atomic E-state index is 12.0. The number of benzene rings is 2. The van der Waals surface area contributed by atoms with Gasteiger partial charge in [-0.1, -0.05) is 48.5 Å². The lowest BCUT2D eigenvalue weighted by atomic mass is 10.2. The topological polar surface area (TPSA) is 43.1 Å². The SMILES string of the molecule is Nc1ccccc1CS(=O)Cc1ccccc1. The Morgan fingerprint density at radius 1 is 0.882 bits per heavy atom. The zero-order valence-corrected chi connectivity index (χ0v) is 10.3. The predicted molar refractivity (Wildman–Crippen MR) is 72.8 cm³/mol. The Bertz CT molecular complexity index is 511. The summed E-state index contributed by atoms with van der Waals surface area (Å²) in [5.41, 5.74) is 8.60. The van der Waals surface area contributed by atoms with Gasteiger partial charge in [0.25, 0.3) is 0 Å². The Labute approximate surface area is 104 Å². The average molecular weight is 245 g/mol. The first-order valence-corrected chi connectivity index (χ1v) is 6.97. The first kappa shape index (κ1) is 11.9. The van der Waals surface area contributed by atoms with Gasteiger partial charge in [-0.2, -0.15) is 0 Å². The highest BCUT2D eigenvalue weighted by atomic mass is 32.2. The summed E-state index contributed by atoms with van der Waals surface area (Å²) in [5, 5.41) is 0. The van der Waals surface area contributed by atoms with Gasteiger partial charge in [0.05, 0.1) is 5.75 Å². The van der Waals surface area contributed by atoms with Crippen molar-refractivity contribution in [1.29, 1.82) is 0 Å². The molecule has 0 aromatic heterocycles. The van der Waals surface area contributed by atoms with E-state index < -0.39 is 10.8 Å². The molecule has 0 radical (unpaired) electrons. The van der Waals surface area contributed by atoms with E-state index in [0.29, 0.717) is 17.2 Å². The van der Waals surface area contributed by atoms with Crippen LogP contribution in [0.15, 0.2) is 54.6 Å². The van der Waals surface area contributed by atoms with E-state index in [1.165, 1.54) is 0 Å². The molecule has 1 atom stereocenters. The summed E-state index contributed by atoms with van der Waals surface area (Å²) in [6.07, 6.45) is 0. The minimum Gasteiger partial charge on any atom is -0.398 e. The number of para-hydroxylation sites is 1. The van der Waals surface area contributed by atoms with Crippen LogP contribution in [0.3, 0.4) is 0 Å². The molecule has 17 heavy (non-hydrogen) atoms. The van der Waals surface area contributed by atoms with E-state index in [1.807, 2.05) is 54.6 Å². The van der Waals surface area contributed by atoms with E-state index >= 15 is 0 Å². The first-order valence-electron chi connectivity index (χ1n) is 5.48. The molecule has 0 fully saturated rings. The van der Waals surface area contributed by atoms with Crippen LogP contribution in [0.4, 0.5) is 5.69 Å². The van der Waals surface area contributed by atoms with Gasteiger partial charge in [0.1, 0.15) is 0 Å². The summed E-state index contributed by atoms with van der Waals surface area (Å²) >= 11 is 0. The van der Waals surface area contributed by atoms with Crippen molar-refractivity contribution in [3.8, 4) is 0 Å². The molecule has 0 saturated carbocycles. The van der Waals surface area contributed by atoms with Crippen LogP contribution >= 0.6 is 0 Å². The fraction of sp³-hybridized carbons (Fsp3) is 0.143. The summed E-state index contributed by atoms with van der Waals surface area (Å²) in [5.74, 6) is 1.09. The Morgan fingerprint density at radius 2 is 1.53 bits per heavy atom. The van der Waals surface area contributed by atoms with Gasteiger partial charge in [-0.25, -0.2) is 0 Å². The maximum atomic E-state index is 12.0. The molecule has 0 aliphatic carbocycles. The molecule has 3 heteroatoms. The van der Waals surface area contributed by atoms with Crippen LogP contribution in [0.25, 0.3) is 0 Å². The van der Waals surface area contributed by atoms with Crippen LogP contribution in [0, 0.1) is 0 Å². The number of nitrogen functional groups attached to an aromatic ring is 1. The second-order valence-electron chi connectivity index (χ2n) is 3.91. The third-order valence-corrected chi connectivity index (χ3v) is 3.83. The van der Waals surface area contributed by atoms with Gasteiger partial charge < -0.3 is 5.73 Å². The minimum absolute atomic E-state index is 0.515. The third-order valence-electron chi connectivity index (χ3n) is 2.54. The molecule has 0 heterocycles. The van der Waals surface area contributed by atoms with Crippen LogP contribution in [0.1, 0.15) is 11.1 Å². The zero-order chi connectivity index (χ0) is 12.1. The summed E-state index contributed by atoms with van der Waals surface area (Å²) in [6.45, 7) is 0. The van der Waals surface area contributed by atoms with Gasteiger partial charge in [0, 0.05) is 22.2 Å². The fourth-order valence-corrected chi connectivity index (χ4v) is 2.93.